The number of carbonyl (C=O) groups excluding carboxylic acids is 2. The predicted octanol–water partition coefficient (Wildman–Crippen LogP) is -0.857. The topological polar surface area (TPSA) is 95.5 Å². The van der Waals surface area contributed by atoms with Crippen LogP contribution < -0.4 is 62.4 Å². The molecule has 0 aliphatic carbocycles. The van der Waals surface area contributed by atoms with Crippen molar-refractivity contribution >= 4 is 11.7 Å². The zero-order chi connectivity index (χ0) is 18.8. The quantitative estimate of drug-likeness (QED) is 0.400. The Kier molecular flexibility index (Phi) is 12.9. The number of amides is 1. The number of rotatable bonds is 10. The van der Waals surface area contributed by atoms with Crippen molar-refractivity contribution in [1.82, 2.24) is 5.32 Å². The van der Waals surface area contributed by atoms with Crippen molar-refractivity contribution in [1.29, 1.82) is 0 Å². The fourth-order valence-electron chi connectivity index (χ4n) is 2.14. The zero-order valence-corrected chi connectivity index (χ0v) is 18.3. The summed E-state index contributed by atoms with van der Waals surface area (Å²) in [6.45, 7) is 1.78. The molecule has 0 aliphatic heterocycles. The molecule has 0 fully saturated rings. The van der Waals surface area contributed by atoms with E-state index in [1.54, 1.807) is 0 Å². The molecule has 0 saturated heterocycles. The molecule has 1 atom stereocenters. The number of ether oxygens (including phenoxy) is 1. The summed E-state index contributed by atoms with van der Waals surface area (Å²) in [5.41, 5.74) is 5.88. The third-order valence-corrected chi connectivity index (χ3v) is 3.08. The van der Waals surface area contributed by atoms with Crippen LogP contribution in [0, 0.1) is 11.6 Å². The van der Waals surface area contributed by atoms with E-state index in [4.69, 9.17) is 5.73 Å². The normalized spacial score (nSPS) is 12.1. The molecule has 0 heterocycles. The molecule has 26 heavy (non-hydrogen) atoms. The van der Waals surface area contributed by atoms with Gasteiger partial charge in [-0.05, 0) is 30.2 Å². The van der Waals surface area contributed by atoms with Crippen LogP contribution in [-0.4, -0.2) is 31.6 Å². The van der Waals surface area contributed by atoms with Crippen molar-refractivity contribution in [3.05, 3.63) is 52.6 Å². The number of hydrogen-bond donors (Lipinski definition) is 2. The minimum absolute atomic E-state index is 0. The Hall–Kier alpha value is -0.844. The third-order valence-electron chi connectivity index (χ3n) is 3.08. The van der Waals surface area contributed by atoms with Gasteiger partial charge in [0.2, 0.25) is 5.91 Å². The maximum Gasteiger partial charge on any atom is 1.00 e. The molecule has 0 bridgehead atoms. The van der Waals surface area contributed by atoms with Gasteiger partial charge in [0.25, 0.3) is 0 Å². The van der Waals surface area contributed by atoms with Crippen molar-refractivity contribution in [3.63, 3.8) is 0 Å². The third kappa shape index (κ3) is 10.3. The Morgan fingerprint density at radius 1 is 1.31 bits per heavy atom. The first-order valence-electron chi connectivity index (χ1n) is 7.78. The second-order valence-corrected chi connectivity index (χ2v) is 5.42. The molecule has 138 valence electrons. The number of nitrogens with one attached hydrogen (secondary N) is 1. The van der Waals surface area contributed by atoms with Crippen molar-refractivity contribution in [2.45, 2.75) is 32.4 Å². The van der Waals surface area contributed by atoms with E-state index in [-0.39, 0.29) is 81.6 Å². The fraction of sp³-hybridized carbons (Fsp3) is 0.412. The second kappa shape index (κ2) is 13.3. The number of nitrogens with zero attached hydrogens (tertiary/aromatic N) is 1. The first-order chi connectivity index (χ1) is 11.8. The van der Waals surface area contributed by atoms with Crippen molar-refractivity contribution < 1.29 is 74.5 Å². The standard InChI is InChI=1S/C17H23F2N3O3.K/c1-3-4-16(21-15(20)9-14(23)10-25-2)22-17(24)7-11-5-12(18)8-13(19)6-11;/h5-6,8-9,16H,3-4,7,10H2,1-2H3,(H4,20,21,22,23,24);/q;+1/p-1. The zero-order valence-electron chi connectivity index (χ0n) is 15.2. The van der Waals surface area contributed by atoms with E-state index in [1.165, 1.54) is 7.11 Å². The van der Waals surface area contributed by atoms with Crippen LogP contribution in [0.5, 0.6) is 0 Å². The largest absolute Gasteiger partial charge is 1.00 e. The summed E-state index contributed by atoms with van der Waals surface area (Å²) >= 11 is 0. The summed E-state index contributed by atoms with van der Waals surface area (Å²) in [5.74, 6) is -2.33. The first-order valence-corrected chi connectivity index (χ1v) is 7.78. The van der Waals surface area contributed by atoms with E-state index in [0.717, 1.165) is 24.3 Å². The fourth-order valence-corrected chi connectivity index (χ4v) is 2.14. The Morgan fingerprint density at radius 3 is 2.46 bits per heavy atom. The maximum absolute atomic E-state index is 13.2. The molecule has 3 N–H and O–H groups in total. The van der Waals surface area contributed by atoms with Gasteiger partial charge in [-0.1, -0.05) is 19.2 Å². The van der Waals surface area contributed by atoms with E-state index >= 15 is 0 Å². The van der Waals surface area contributed by atoms with Gasteiger partial charge in [0.1, 0.15) is 18.2 Å². The number of benzene rings is 1. The van der Waals surface area contributed by atoms with Crippen molar-refractivity contribution in [2.75, 3.05) is 13.7 Å². The summed E-state index contributed by atoms with van der Waals surface area (Å²) in [4.78, 5) is 23.5. The summed E-state index contributed by atoms with van der Waals surface area (Å²) in [5, 5.41) is 6.72. The van der Waals surface area contributed by atoms with Crippen LogP contribution in [0.25, 0.3) is 5.32 Å². The van der Waals surface area contributed by atoms with Gasteiger partial charge in [-0.2, -0.15) is 0 Å². The molecule has 1 unspecified atom stereocenters. The van der Waals surface area contributed by atoms with E-state index in [0.29, 0.717) is 12.8 Å². The average molecular weight is 393 g/mol. The van der Waals surface area contributed by atoms with E-state index < -0.39 is 23.7 Å². The van der Waals surface area contributed by atoms with Gasteiger partial charge in [-0.15, -0.1) is 0 Å². The predicted molar refractivity (Wildman–Crippen MR) is 89.4 cm³/mol. The second-order valence-electron chi connectivity index (χ2n) is 5.42. The number of nitrogens with two attached hydrogens (primary N) is 1. The molecule has 0 radical (unpaired) electrons. The molecule has 0 spiro atoms. The van der Waals surface area contributed by atoms with E-state index in [2.05, 4.69) is 15.4 Å². The molecular formula is C17H22F2KN3O3. The van der Waals surface area contributed by atoms with E-state index in [1.807, 2.05) is 6.92 Å². The average Bonchev–Trinajstić information content (AvgIpc) is 2.45. The van der Waals surface area contributed by atoms with Crippen LogP contribution in [0.1, 0.15) is 25.3 Å². The summed E-state index contributed by atoms with van der Waals surface area (Å²) in [7, 11) is 1.38. The minimum atomic E-state index is -0.749. The summed E-state index contributed by atoms with van der Waals surface area (Å²) in [6.07, 6.45) is 1.50. The maximum atomic E-state index is 13.2. The Morgan fingerprint density at radius 2 is 1.92 bits per heavy atom. The molecular weight excluding hydrogens is 371 g/mol. The van der Waals surface area contributed by atoms with Gasteiger partial charge >= 0.3 is 51.4 Å². The summed E-state index contributed by atoms with van der Waals surface area (Å²) < 4.78 is 31.0. The van der Waals surface area contributed by atoms with Crippen molar-refractivity contribution in [3.8, 4) is 0 Å². The number of hydrogen-bond acceptors (Lipinski definition) is 4. The van der Waals surface area contributed by atoms with Crippen LogP contribution >= 0.6 is 0 Å². The molecule has 1 amide bonds. The van der Waals surface area contributed by atoms with Gasteiger partial charge in [0.05, 0.1) is 6.42 Å². The van der Waals surface area contributed by atoms with Gasteiger partial charge in [0.15, 0.2) is 5.78 Å². The van der Waals surface area contributed by atoms with Gasteiger partial charge in [-0.25, -0.2) is 8.78 Å². The van der Waals surface area contributed by atoms with Crippen molar-refractivity contribution in [2.24, 2.45) is 5.73 Å². The molecule has 1 aromatic rings. The number of methoxy groups -OCH3 is 1. The van der Waals surface area contributed by atoms with Crippen LogP contribution in [0.2, 0.25) is 0 Å². The monoisotopic (exact) mass is 393 g/mol. The van der Waals surface area contributed by atoms with E-state index in [9.17, 15) is 18.4 Å². The minimum Gasteiger partial charge on any atom is -0.495 e. The van der Waals surface area contributed by atoms with Gasteiger partial charge in [0, 0.05) is 19.3 Å². The Balaban J connectivity index is 0.00000625. The van der Waals surface area contributed by atoms with Crippen LogP contribution in [0.4, 0.5) is 8.78 Å². The molecule has 0 aromatic heterocycles. The first kappa shape index (κ1) is 25.2. The molecule has 1 rings (SSSR count). The number of halogens is 2. The molecule has 1 aromatic carbocycles. The molecule has 6 nitrogen and oxygen atoms in total. The summed E-state index contributed by atoms with van der Waals surface area (Å²) in [6, 6.07) is 2.91. The Bertz CT molecular complexity index is 621. The Labute approximate surface area is 194 Å². The van der Waals surface area contributed by atoms with Crippen LogP contribution in [0.3, 0.4) is 0 Å². The molecule has 0 aliphatic rings. The number of ketones is 1. The van der Waals surface area contributed by atoms with Gasteiger partial charge in [-0.3, -0.25) is 9.59 Å². The number of carbonyl (C=O) groups is 2. The molecule has 0 saturated carbocycles. The van der Waals surface area contributed by atoms with Crippen LogP contribution in [0.15, 0.2) is 30.1 Å². The van der Waals surface area contributed by atoms with Gasteiger partial charge < -0.3 is 21.1 Å². The van der Waals surface area contributed by atoms with Crippen LogP contribution in [-0.2, 0) is 20.7 Å². The SMILES string of the molecule is CCCC([N-]/C(N)=C\C(=O)COC)NC(=O)Cc1cc(F)cc(F)c1.[K+]. The smallest absolute Gasteiger partial charge is 0.495 e. The molecule has 9 heteroatoms.